The van der Waals surface area contributed by atoms with Crippen molar-refractivity contribution in [2.24, 2.45) is 0 Å². The van der Waals surface area contributed by atoms with E-state index in [-0.39, 0.29) is 191 Å². The Bertz CT molecular complexity index is 2420. The number of amides is 11. The molecule has 39 nitrogen and oxygen atoms in total. The van der Waals surface area contributed by atoms with Gasteiger partial charge in [0.25, 0.3) is 0 Å². The van der Waals surface area contributed by atoms with Gasteiger partial charge in [0.05, 0.1) is 51.8 Å². The van der Waals surface area contributed by atoms with Crippen molar-refractivity contribution < 1.29 is 137 Å². The van der Waals surface area contributed by atoms with Gasteiger partial charge in [-0.15, -0.1) is 0 Å². The second-order valence-corrected chi connectivity index (χ2v) is 26.6. The van der Waals surface area contributed by atoms with E-state index in [4.69, 9.17) is 37.9 Å². The summed E-state index contributed by atoms with van der Waals surface area (Å²) in [4.78, 5) is 138. The van der Waals surface area contributed by atoms with Crippen LogP contribution in [0.4, 0.5) is 0 Å². The summed E-state index contributed by atoms with van der Waals surface area (Å²) >= 11 is 0. The summed E-state index contributed by atoms with van der Waals surface area (Å²) in [7, 11) is 1.48. The van der Waals surface area contributed by atoms with Gasteiger partial charge in [0.2, 0.25) is 65.0 Å². The monoisotopic (exact) mass is 1540 g/mol. The maximum absolute atomic E-state index is 13.7. The molecule has 3 aliphatic heterocycles. The Morgan fingerprint density at radius 3 is 0.907 bits per heavy atom. The first kappa shape index (κ1) is 94.7. The molecule has 0 radical (unpaired) electrons. The number of rotatable bonds is 56. The third kappa shape index (κ3) is 38.6. The number of aliphatic hydroxyl groups is 9. The zero-order valence-corrected chi connectivity index (χ0v) is 62.1. The van der Waals surface area contributed by atoms with Crippen LogP contribution in [0.15, 0.2) is 0 Å². The van der Waals surface area contributed by atoms with Crippen LogP contribution in [0.5, 0.6) is 0 Å². The van der Waals surface area contributed by atoms with E-state index in [0.717, 1.165) is 0 Å². The summed E-state index contributed by atoms with van der Waals surface area (Å²) in [5.74, 6) is -3.92. The van der Waals surface area contributed by atoms with Gasteiger partial charge in [-0.1, -0.05) is 6.42 Å². The lowest BCUT2D eigenvalue weighted by Gasteiger charge is -2.42. The Morgan fingerprint density at radius 1 is 0.336 bits per heavy atom. The fourth-order valence-electron chi connectivity index (χ4n) is 11.6. The second-order valence-electron chi connectivity index (χ2n) is 26.6. The zero-order valence-electron chi connectivity index (χ0n) is 62.1. The SMILES string of the molecule is CNC(=O)CCCC(=O)NC(CCCCC(=O)NCCCNC(=O)CCCCO[C@@H]1OC(CO)[C@H](O)C(O)[C@@H]1NC(C)=O)(COCCC(=O)NCCCNC(=O)CCCCO[C@@H]1OC(CO)[C@H](O)C(O)[C@@H]1NC(C)=O)COCCC(=O)NCCCNC(=O)CCCCO[C@@H]1OC(CO)[C@H](O)C(O)[C@@H]1NC(C)=O. The van der Waals surface area contributed by atoms with Gasteiger partial charge in [0.15, 0.2) is 18.9 Å². The largest absolute Gasteiger partial charge is 0.394 e. The number of ether oxygens (including phenoxy) is 8. The number of carbonyl (C=O) groups is 11. The summed E-state index contributed by atoms with van der Waals surface area (Å²) < 4.78 is 45.9. The molecule has 15 atom stereocenters. The Labute approximate surface area is 623 Å². The van der Waals surface area contributed by atoms with E-state index in [9.17, 15) is 98.7 Å². The first-order valence-corrected chi connectivity index (χ1v) is 37.0. The maximum atomic E-state index is 13.7. The van der Waals surface area contributed by atoms with Crippen molar-refractivity contribution in [1.82, 2.24) is 58.5 Å². The summed E-state index contributed by atoms with van der Waals surface area (Å²) in [6, 6.07) is -3.27. The minimum Gasteiger partial charge on any atom is -0.394 e. The minimum atomic E-state index is -1.46. The third-order valence-corrected chi connectivity index (χ3v) is 17.5. The van der Waals surface area contributed by atoms with Gasteiger partial charge in [-0.2, -0.15) is 0 Å². The van der Waals surface area contributed by atoms with Gasteiger partial charge in [0, 0.05) is 138 Å². The van der Waals surface area contributed by atoms with Crippen LogP contribution < -0.4 is 58.5 Å². The van der Waals surface area contributed by atoms with E-state index >= 15 is 0 Å². The van der Waals surface area contributed by atoms with E-state index in [2.05, 4.69) is 58.5 Å². The molecule has 616 valence electrons. The molecule has 107 heavy (non-hydrogen) atoms. The van der Waals surface area contributed by atoms with Crippen LogP contribution in [0.25, 0.3) is 0 Å². The molecule has 0 saturated carbocycles. The number of aliphatic hydroxyl groups excluding tert-OH is 9. The maximum Gasteiger partial charge on any atom is 0.222 e. The molecule has 3 aliphatic rings. The van der Waals surface area contributed by atoms with E-state index in [1.807, 2.05) is 0 Å². The van der Waals surface area contributed by atoms with Gasteiger partial charge in [-0.05, 0) is 77.0 Å². The highest BCUT2D eigenvalue weighted by atomic mass is 16.7. The van der Waals surface area contributed by atoms with Crippen molar-refractivity contribution in [2.75, 3.05) is 112 Å². The number of unbranched alkanes of at least 4 members (excludes halogenated alkanes) is 4. The summed E-state index contributed by atoms with van der Waals surface area (Å²) in [6.45, 7) is 3.05. The predicted molar refractivity (Wildman–Crippen MR) is 376 cm³/mol. The number of nitrogens with one attached hydrogen (secondary N) is 11. The average molecular weight is 1540 g/mol. The quantitative estimate of drug-likeness (QED) is 0.0252. The highest BCUT2D eigenvalue weighted by Gasteiger charge is 2.48. The van der Waals surface area contributed by atoms with Crippen molar-refractivity contribution in [3.63, 3.8) is 0 Å². The molecule has 0 aromatic heterocycles. The Morgan fingerprint density at radius 2 is 0.617 bits per heavy atom. The lowest BCUT2D eigenvalue weighted by molar-refractivity contribution is -0.270. The van der Waals surface area contributed by atoms with Gasteiger partial charge in [-0.25, -0.2) is 0 Å². The summed E-state index contributed by atoms with van der Waals surface area (Å²) in [5, 5.41) is 121. The van der Waals surface area contributed by atoms with Crippen molar-refractivity contribution in [3.8, 4) is 0 Å². The van der Waals surface area contributed by atoms with Crippen LogP contribution in [0.1, 0.15) is 156 Å². The highest BCUT2D eigenvalue weighted by molar-refractivity contribution is 5.80. The normalized spacial score (nSPS) is 24.7. The smallest absolute Gasteiger partial charge is 0.222 e. The van der Waals surface area contributed by atoms with Gasteiger partial charge >= 0.3 is 0 Å². The molecule has 39 heteroatoms. The number of hydrogen-bond donors (Lipinski definition) is 20. The fourth-order valence-corrected chi connectivity index (χ4v) is 11.6. The third-order valence-electron chi connectivity index (χ3n) is 17.5. The first-order valence-electron chi connectivity index (χ1n) is 37.0. The molecule has 0 aliphatic carbocycles. The molecule has 3 rings (SSSR count). The van der Waals surface area contributed by atoms with Gasteiger partial charge in [0.1, 0.15) is 73.1 Å². The van der Waals surface area contributed by atoms with Crippen molar-refractivity contribution in [1.29, 1.82) is 0 Å². The van der Waals surface area contributed by atoms with Crippen LogP contribution in [0.3, 0.4) is 0 Å². The van der Waals surface area contributed by atoms with Crippen molar-refractivity contribution in [2.45, 2.75) is 253 Å². The minimum absolute atomic E-state index is 0.0513. The molecule has 6 unspecified atom stereocenters. The zero-order chi connectivity index (χ0) is 79.1. The summed E-state index contributed by atoms with van der Waals surface area (Å²) in [6.07, 6.45) is -10.5. The molecule has 0 aromatic rings. The van der Waals surface area contributed by atoms with Crippen LogP contribution in [-0.2, 0) is 90.6 Å². The summed E-state index contributed by atoms with van der Waals surface area (Å²) in [5.41, 5.74) is -1.26. The molecular formula is C68H121N11O28. The fraction of sp³-hybridized carbons (Fsp3) is 0.838. The van der Waals surface area contributed by atoms with E-state index < -0.39 is 141 Å². The molecule has 3 fully saturated rings. The number of hydrogen-bond acceptors (Lipinski definition) is 28. The predicted octanol–water partition coefficient (Wildman–Crippen LogP) is -6.61. The van der Waals surface area contributed by atoms with Crippen molar-refractivity contribution in [3.05, 3.63) is 0 Å². The average Bonchev–Trinajstić information content (AvgIpc) is 0.822. The lowest BCUT2D eigenvalue weighted by atomic mass is 9.92. The highest BCUT2D eigenvalue weighted by Crippen LogP contribution is 2.26. The Kier molecular flexibility index (Phi) is 47.9. The molecule has 20 N–H and O–H groups in total. The van der Waals surface area contributed by atoms with Crippen LogP contribution >= 0.6 is 0 Å². The molecule has 11 amide bonds. The lowest BCUT2D eigenvalue weighted by Crippen LogP contribution is -2.64. The van der Waals surface area contributed by atoms with E-state index in [0.29, 0.717) is 70.6 Å². The van der Waals surface area contributed by atoms with E-state index in [1.165, 1.54) is 27.8 Å². The van der Waals surface area contributed by atoms with Crippen LogP contribution in [0, 0.1) is 0 Å². The van der Waals surface area contributed by atoms with Crippen molar-refractivity contribution >= 4 is 65.0 Å². The molecule has 0 aromatic carbocycles. The Balaban J connectivity index is 1.50. The number of carbonyl (C=O) groups excluding carboxylic acids is 11. The molecular weight excluding hydrogens is 1420 g/mol. The van der Waals surface area contributed by atoms with Crippen LogP contribution in [-0.4, -0.2) is 321 Å². The van der Waals surface area contributed by atoms with E-state index in [1.54, 1.807) is 0 Å². The molecule has 3 saturated heterocycles. The first-order chi connectivity index (χ1) is 51.2. The standard InChI is InChI=1S/C68H121N11O28/c1-42(83)76-56-62(97)59(94)45(37-80)105-65(56)102-32-10-6-18-50(88)71-27-14-26-70-49(87)17-5-9-25-68(79-55(93)22-13-21-48(86)69-4,40-100-35-23-53(91)74-30-15-28-72-51(89)19-7-11-33-103-66-57(77-43(2)84)63(98)60(95)46(38-81)106-66)41-101-36-24-54(92)75-31-16-29-73-52(90)20-8-12-34-104-67-58(78-44(3)85)64(99)61(96)47(39-82)107-67/h45-47,56-67,80-82,94-99H,5-41H2,1-4H3,(H,69,86)(H,70,87)(H,71,88)(H,72,89)(H,73,90)(H,74,91)(H,75,92)(H,76,83)(H,77,84)(H,78,85)(H,79,93)/t45?,46?,47?,56-,57-,58-,59-,60-,61-,62?,63?,64?,65+,66+,67+,68?/m0/s1. The van der Waals surface area contributed by atoms with Gasteiger partial charge < -0.3 is 142 Å². The topological polar surface area (TPSA) is 576 Å². The van der Waals surface area contributed by atoms with Gasteiger partial charge in [-0.3, -0.25) is 52.7 Å². The molecule has 3 heterocycles. The molecule has 0 bridgehead atoms. The molecule has 0 spiro atoms. The Hall–Kier alpha value is -6.51. The second kappa shape index (κ2) is 54.2. The van der Waals surface area contributed by atoms with Crippen LogP contribution in [0.2, 0.25) is 0 Å².